The fraction of sp³-hybridized carbons (Fsp3) is 0.800. The number of unbranched alkanes of at least 4 members (excludes halogenated alkanes) is 2. The minimum Gasteiger partial charge on any atom is -0.356 e. The largest absolute Gasteiger partial charge is 0.356 e. The van der Waals surface area contributed by atoms with E-state index < -0.39 is 0 Å². The first-order valence-electron chi connectivity index (χ1n) is 7.90. The monoisotopic (exact) mass is 312 g/mol. The summed E-state index contributed by atoms with van der Waals surface area (Å²) in [5.74, 6) is 0.151. The van der Waals surface area contributed by atoms with Gasteiger partial charge in [-0.25, -0.2) is 4.79 Å². The molecule has 0 radical (unpaired) electrons. The molecule has 4 amide bonds. The number of carbonyl (C=O) groups excluding carboxylic acids is 3. The molecule has 0 aromatic rings. The number of nitrogens with zero attached hydrogens (tertiary/aromatic N) is 3. The SMILES string of the molecule is CC(=O)NCCCCCC(=O)N1CCN(C(=O)N(C)C)CC1. The molecular weight excluding hydrogens is 284 g/mol. The van der Waals surface area contributed by atoms with Gasteiger partial charge in [0.1, 0.15) is 0 Å². The first-order chi connectivity index (χ1) is 10.4. The molecule has 0 saturated carbocycles. The summed E-state index contributed by atoms with van der Waals surface area (Å²) in [4.78, 5) is 39.8. The maximum atomic E-state index is 12.1. The molecule has 0 unspecified atom stereocenters. The van der Waals surface area contributed by atoms with Crippen molar-refractivity contribution < 1.29 is 14.4 Å². The second-order valence-corrected chi connectivity index (χ2v) is 5.84. The van der Waals surface area contributed by atoms with E-state index in [0.717, 1.165) is 19.3 Å². The first kappa shape index (κ1) is 18.3. The van der Waals surface area contributed by atoms with Crippen LogP contribution >= 0.6 is 0 Å². The number of carbonyl (C=O) groups is 3. The Morgan fingerprint density at radius 1 is 0.955 bits per heavy atom. The van der Waals surface area contributed by atoms with Crippen LogP contribution in [0.2, 0.25) is 0 Å². The van der Waals surface area contributed by atoms with E-state index in [9.17, 15) is 14.4 Å². The summed E-state index contributed by atoms with van der Waals surface area (Å²) in [6.45, 7) is 4.62. The molecule has 7 nitrogen and oxygen atoms in total. The van der Waals surface area contributed by atoms with Gasteiger partial charge in [0, 0.05) is 60.2 Å². The lowest BCUT2D eigenvalue weighted by Gasteiger charge is -2.36. The summed E-state index contributed by atoms with van der Waals surface area (Å²) in [7, 11) is 3.47. The van der Waals surface area contributed by atoms with Crippen molar-refractivity contribution in [1.29, 1.82) is 0 Å². The molecule has 0 bridgehead atoms. The van der Waals surface area contributed by atoms with Crippen LogP contribution in [0.15, 0.2) is 0 Å². The zero-order chi connectivity index (χ0) is 16.5. The highest BCUT2D eigenvalue weighted by molar-refractivity contribution is 5.77. The van der Waals surface area contributed by atoms with Crippen molar-refractivity contribution >= 4 is 17.8 Å². The Bertz CT molecular complexity index is 390. The van der Waals surface area contributed by atoms with Crippen LogP contribution in [0.4, 0.5) is 4.79 Å². The van der Waals surface area contributed by atoms with Crippen molar-refractivity contribution in [3.63, 3.8) is 0 Å². The van der Waals surface area contributed by atoms with E-state index in [-0.39, 0.29) is 17.8 Å². The molecule has 1 aliphatic rings. The summed E-state index contributed by atoms with van der Waals surface area (Å²) in [6.07, 6.45) is 3.22. The van der Waals surface area contributed by atoms with Gasteiger partial charge in [0.25, 0.3) is 0 Å². The molecule has 126 valence electrons. The maximum absolute atomic E-state index is 12.1. The average Bonchev–Trinajstić information content (AvgIpc) is 2.49. The van der Waals surface area contributed by atoms with Crippen molar-refractivity contribution in [3.05, 3.63) is 0 Å². The van der Waals surface area contributed by atoms with Gasteiger partial charge in [-0.15, -0.1) is 0 Å². The van der Waals surface area contributed by atoms with Gasteiger partial charge < -0.3 is 20.0 Å². The second kappa shape index (κ2) is 9.27. The fourth-order valence-corrected chi connectivity index (χ4v) is 2.43. The summed E-state index contributed by atoms with van der Waals surface area (Å²) in [5.41, 5.74) is 0. The fourth-order valence-electron chi connectivity index (χ4n) is 2.43. The molecule has 1 aliphatic heterocycles. The van der Waals surface area contributed by atoms with E-state index in [0.29, 0.717) is 39.1 Å². The molecule has 1 heterocycles. The van der Waals surface area contributed by atoms with Gasteiger partial charge in [0.05, 0.1) is 0 Å². The van der Waals surface area contributed by atoms with E-state index in [1.54, 1.807) is 23.9 Å². The van der Waals surface area contributed by atoms with Gasteiger partial charge >= 0.3 is 6.03 Å². The number of hydrogen-bond acceptors (Lipinski definition) is 3. The topological polar surface area (TPSA) is 73.0 Å². The quantitative estimate of drug-likeness (QED) is 0.726. The van der Waals surface area contributed by atoms with E-state index in [2.05, 4.69) is 5.32 Å². The first-order valence-corrected chi connectivity index (χ1v) is 7.90. The summed E-state index contributed by atoms with van der Waals surface area (Å²) in [6, 6.07) is 0.00469. The third-order valence-electron chi connectivity index (χ3n) is 3.73. The minimum absolute atomic E-state index is 0.00469. The average molecular weight is 312 g/mol. The lowest BCUT2D eigenvalue weighted by Crippen LogP contribution is -2.52. The zero-order valence-electron chi connectivity index (χ0n) is 13.9. The van der Waals surface area contributed by atoms with E-state index >= 15 is 0 Å². The van der Waals surface area contributed by atoms with Gasteiger partial charge in [0.15, 0.2) is 0 Å². The zero-order valence-corrected chi connectivity index (χ0v) is 13.9. The number of piperazine rings is 1. The van der Waals surface area contributed by atoms with E-state index in [1.165, 1.54) is 6.92 Å². The van der Waals surface area contributed by atoms with Crippen LogP contribution in [-0.2, 0) is 9.59 Å². The van der Waals surface area contributed by atoms with Crippen LogP contribution < -0.4 is 5.32 Å². The molecule has 0 aromatic carbocycles. The van der Waals surface area contributed by atoms with E-state index in [1.807, 2.05) is 4.90 Å². The van der Waals surface area contributed by atoms with Gasteiger partial charge in [-0.2, -0.15) is 0 Å². The smallest absolute Gasteiger partial charge is 0.319 e. The molecule has 1 saturated heterocycles. The lowest BCUT2D eigenvalue weighted by atomic mass is 10.1. The summed E-state index contributed by atoms with van der Waals surface area (Å²) >= 11 is 0. The van der Waals surface area contributed by atoms with Gasteiger partial charge in [-0.1, -0.05) is 6.42 Å². The highest BCUT2D eigenvalue weighted by atomic mass is 16.2. The Morgan fingerprint density at radius 2 is 1.55 bits per heavy atom. The maximum Gasteiger partial charge on any atom is 0.319 e. The minimum atomic E-state index is -0.0128. The number of urea groups is 1. The highest BCUT2D eigenvalue weighted by Crippen LogP contribution is 2.08. The third-order valence-corrected chi connectivity index (χ3v) is 3.73. The predicted octanol–water partition coefficient (Wildman–Crippen LogP) is 0.509. The molecule has 1 N–H and O–H groups in total. The molecule has 1 rings (SSSR count). The Labute approximate surface area is 132 Å². The second-order valence-electron chi connectivity index (χ2n) is 5.84. The Morgan fingerprint density at radius 3 is 2.09 bits per heavy atom. The number of hydrogen-bond donors (Lipinski definition) is 1. The van der Waals surface area contributed by atoms with Gasteiger partial charge in [-0.05, 0) is 12.8 Å². The summed E-state index contributed by atoms with van der Waals surface area (Å²) in [5, 5.41) is 2.75. The van der Waals surface area contributed by atoms with Crippen LogP contribution in [0, 0.1) is 0 Å². The lowest BCUT2D eigenvalue weighted by molar-refractivity contribution is -0.132. The molecule has 22 heavy (non-hydrogen) atoms. The molecule has 1 fully saturated rings. The number of amides is 4. The van der Waals surface area contributed by atoms with Crippen LogP contribution in [-0.4, -0.2) is 79.4 Å². The molecular formula is C15H28N4O3. The normalized spacial score (nSPS) is 14.7. The van der Waals surface area contributed by atoms with Crippen molar-refractivity contribution in [2.45, 2.75) is 32.6 Å². The Kier molecular flexibility index (Phi) is 7.70. The van der Waals surface area contributed by atoms with Gasteiger partial charge in [0.2, 0.25) is 11.8 Å². The number of rotatable bonds is 6. The molecule has 0 aromatic heterocycles. The van der Waals surface area contributed by atoms with Crippen LogP contribution in [0.25, 0.3) is 0 Å². The van der Waals surface area contributed by atoms with Gasteiger partial charge in [-0.3, -0.25) is 9.59 Å². The van der Waals surface area contributed by atoms with Crippen molar-refractivity contribution in [2.24, 2.45) is 0 Å². The standard InChI is InChI=1S/C15H28N4O3/c1-13(20)16-8-6-4-5-7-14(21)18-9-11-19(12-10-18)15(22)17(2)3/h4-12H2,1-3H3,(H,16,20). The van der Waals surface area contributed by atoms with E-state index in [4.69, 9.17) is 0 Å². The summed E-state index contributed by atoms with van der Waals surface area (Å²) < 4.78 is 0. The third kappa shape index (κ3) is 6.32. The van der Waals surface area contributed by atoms with Crippen LogP contribution in [0.1, 0.15) is 32.6 Å². The molecule has 0 atom stereocenters. The van der Waals surface area contributed by atoms with Crippen LogP contribution in [0.3, 0.4) is 0 Å². The molecule has 7 heteroatoms. The van der Waals surface area contributed by atoms with Crippen molar-refractivity contribution in [3.8, 4) is 0 Å². The number of nitrogens with one attached hydrogen (secondary N) is 1. The van der Waals surface area contributed by atoms with Crippen molar-refractivity contribution in [1.82, 2.24) is 20.0 Å². The van der Waals surface area contributed by atoms with Crippen molar-refractivity contribution in [2.75, 3.05) is 46.8 Å². The Hall–Kier alpha value is -1.79. The molecule has 0 aliphatic carbocycles. The predicted molar refractivity (Wildman–Crippen MR) is 84.4 cm³/mol. The van der Waals surface area contributed by atoms with Crippen LogP contribution in [0.5, 0.6) is 0 Å². The highest BCUT2D eigenvalue weighted by Gasteiger charge is 2.24. The Balaban J connectivity index is 2.15. The molecule has 0 spiro atoms.